The van der Waals surface area contributed by atoms with Crippen molar-refractivity contribution in [2.45, 2.75) is 20.1 Å². The fourth-order valence-electron chi connectivity index (χ4n) is 2.30. The molecule has 0 bridgehead atoms. The highest BCUT2D eigenvalue weighted by atomic mass is 127. The Labute approximate surface area is 173 Å². The second kappa shape index (κ2) is 12.5. The van der Waals surface area contributed by atoms with E-state index in [9.17, 15) is 0 Å². The molecule has 0 saturated heterocycles. The number of benzene rings is 2. The standard InChI is InChI=1S/C20H27N3O2.HI/c1-16-4-10-19(11-5-16)25-13-12-22-20(21-2)23-14-17-6-8-18(9-7-17)15-24-3;/h4-11H,12-15H2,1-3H3,(H2,21,22,23);1H. The van der Waals surface area contributed by atoms with E-state index in [1.54, 1.807) is 14.2 Å². The predicted molar refractivity (Wildman–Crippen MR) is 117 cm³/mol. The third-order valence-corrected chi connectivity index (χ3v) is 3.70. The monoisotopic (exact) mass is 469 g/mol. The first-order chi connectivity index (χ1) is 12.2. The number of rotatable bonds is 8. The van der Waals surface area contributed by atoms with Gasteiger partial charge in [-0.3, -0.25) is 4.99 Å². The van der Waals surface area contributed by atoms with Gasteiger partial charge in [-0.05, 0) is 30.2 Å². The summed E-state index contributed by atoms with van der Waals surface area (Å²) in [6, 6.07) is 16.4. The maximum Gasteiger partial charge on any atom is 0.191 e. The van der Waals surface area contributed by atoms with Gasteiger partial charge in [0.05, 0.1) is 13.2 Å². The number of ether oxygens (including phenoxy) is 2. The van der Waals surface area contributed by atoms with Crippen LogP contribution in [0.25, 0.3) is 0 Å². The number of guanidine groups is 1. The molecular formula is C20H28IN3O2. The van der Waals surface area contributed by atoms with Crippen LogP contribution in [-0.2, 0) is 17.9 Å². The van der Waals surface area contributed by atoms with Crippen molar-refractivity contribution >= 4 is 29.9 Å². The number of methoxy groups -OCH3 is 1. The minimum Gasteiger partial charge on any atom is -0.492 e. The Balaban J connectivity index is 0.00000338. The Morgan fingerprint density at radius 1 is 0.962 bits per heavy atom. The molecule has 26 heavy (non-hydrogen) atoms. The molecule has 0 amide bonds. The largest absolute Gasteiger partial charge is 0.492 e. The average Bonchev–Trinajstić information content (AvgIpc) is 2.64. The quantitative estimate of drug-likeness (QED) is 0.269. The molecule has 5 nitrogen and oxygen atoms in total. The van der Waals surface area contributed by atoms with Crippen LogP contribution in [0.4, 0.5) is 0 Å². The lowest BCUT2D eigenvalue weighted by Gasteiger charge is -2.13. The van der Waals surface area contributed by atoms with Crippen LogP contribution in [0, 0.1) is 6.92 Å². The highest BCUT2D eigenvalue weighted by Gasteiger charge is 1.99. The lowest BCUT2D eigenvalue weighted by Crippen LogP contribution is -2.38. The van der Waals surface area contributed by atoms with Gasteiger partial charge in [0, 0.05) is 20.7 Å². The van der Waals surface area contributed by atoms with Gasteiger partial charge in [0.15, 0.2) is 5.96 Å². The van der Waals surface area contributed by atoms with E-state index in [0.29, 0.717) is 26.3 Å². The normalized spacial score (nSPS) is 10.8. The van der Waals surface area contributed by atoms with Gasteiger partial charge in [-0.25, -0.2) is 0 Å². The Hall–Kier alpha value is -1.80. The molecule has 0 aliphatic rings. The molecule has 142 valence electrons. The molecule has 2 aromatic rings. The van der Waals surface area contributed by atoms with Gasteiger partial charge in [0.2, 0.25) is 0 Å². The maximum atomic E-state index is 5.70. The zero-order chi connectivity index (χ0) is 17.9. The number of hydrogen-bond acceptors (Lipinski definition) is 3. The van der Waals surface area contributed by atoms with E-state index < -0.39 is 0 Å². The second-order valence-electron chi connectivity index (χ2n) is 5.76. The van der Waals surface area contributed by atoms with Crippen molar-refractivity contribution < 1.29 is 9.47 Å². The zero-order valence-corrected chi connectivity index (χ0v) is 17.9. The number of aryl methyl sites for hydroxylation is 1. The van der Waals surface area contributed by atoms with Crippen LogP contribution < -0.4 is 15.4 Å². The number of aliphatic imine (C=N–C) groups is 1. The van der Waals surface area contributed by atoms with E-state index in [-0.39, 0.29) is 24.0 Å². The van der Waals surface area contributed by atoms with Crippen LogP contribution in [-0.4, -0.2) is 33.3 Å². The SMILES string of the molecule is CN=C(NCCOc1ccc(C)cc1)NCc1ccc(COC)cc1.I. The van der Waals surface area contributed by atoms with Gasteiger partial charge in [-0.15, -0.1) is 24.0 Å². The fraction of sp³-hybridized carbons (Fsp3) is 0.350. The van der Waals surface area contributed by atoms with Crippen molar-refractivity contribution in [2.75, 3.05) is 27.3 Å². The highest BCUT2D eigenvalue weighted by molar-refractivity contribution is 14.0. The molecule has 0 spiro atoms. The summed E-state index contributed by atoms with van der Waals surface area (Å²) in [7, 11) is 3.46. The molecule has 0 radical (unpaired) electrons. The molecule has 2 rings (SSSR count). The van der Waals surface area contributed by atoms with E-state index in [2.05, 4.69) is 46.8 Å². The molecule has 6 heteroatoms. The fourth-order valence-corrected chi connectivity index (χ4v) is 2.30. The van der Waals surface area contributed by atoms with Gasteiger partial charge in [-0.2, -0.15) is 0 Å². The summed E-state index contributed by atoms with van der Waals surface area (Å²) in [5.74, 6) is 1.64. The number of halogens is 1. The smallest absolute Gasteiger partial charge is 0.191 e. The summed E-state index contributed by atoms with van der Waals surface area (Å²) < 4.78 is 10.8. The zero-order valence-electron chi connectivity index (χ0n) is 15.6. The third kappa shape index (κ3) is 8.05. The predicted octanol–water partition coefficient (Wildman–Crippen LogP) is 3.50. The van der Waals surface area contributed by atoms with Crippen molar-refractivity contribution in [3.63, 3.8) is 0 Å². The van der Waals surface area contributed by atoms with Gasteiger partial charge in [0.25, 0.3) is 0 Å². The van der Waals surface area contributed by atoms with Crippen LogP contribution in [0.1, 0.15) is 16.7 Å². The van der Waals surface area contributed by atoms with E-state index in [1.165, 1.54) is 16.7 Å². The van der Waals surface area contributed by atoms with Crippen molar-refractivity contribution in [3.05, 3.63) is 65.2 Å². The molecule has 0 fully saturated rings. The van der Waals surface area contributed by atoms with Gasteiger partial charge in [0.1, 0.15) is 12.4 Å². The van der Waals surface area contributed by atoms with Crippen molar-refractivity contribution in [1.82, 2.24) is 10.6 Å². The number of nitrogens with zero attached hydrogens (tertiary/aromatic N) is 1. The van der Waals surface area contributed by atoms with Crippen molar-refractivity contribution in [1.29, 1.82) is 0 Å². The van der Waals surface area contributed by atoms with Gasteiger partial charge in [-0.1, -0.05) is 42.0 Å². The lowest BCUT2D eigenvalue weighted by molar-refractivity contribution is 0.185. The average molecular weight is 469 g/mol. The van der Waals surface area contributed by atoms with Crippen LogP contribution in [0.3, 0.4) is 0 Å². The summed E-state index contributed by atoms with van der Waals surface area (Å²) in [5.41, 5.74) is 3.59. The molecule has 0 unspecified atom stereocenters. The van der Waals surface area contributed by atoms with Crippen LogP contribution in [0.2, 0.25) is 0 Å². The minimum atomic E-state index is 0. The molecule has 2 N–H and O–H groups in total. The molecule has 0 saturated carbocycles. The topological polar surface area (TPSA) is 54.9 Å². The van der Waals surface area contributed by atoms with E-state index in [4.69, 9.17) is 9.47 Å². The van der Waals surface area contributed by atoms with E-state index in [0.717, 1.165) is 11.7 Å². The maximum absolute atomic E-state index is 5.70. The van der Waals surface area contributed by atoms with Gasteiger partial charge < -0.3 is 20.1 Å². The van der Waals surface area contributed by atoms with E-state index >= 15 is 0 Å². The molecule has 0 heterocycles. The lowest BCUT2D eigenvalue weighted by atomic mass is 10.1. The molecular weight excluding hydrogens is 441 g/mol. The van der Waals surface area contributed by atoms with Crippen LogP contribution >= 0.6 is 24.0 Å². The van der Waals surface area contributed by atoms with Crippen LogP contribution in [0.15, 0.2) is 53.5 Å². The van der Waals surface area contributed by atoms with E-state index in [1.807, 2.05) is 24.3 Å². The molecule has 0 aromatic heterocycles. The molecule has 2 aromatic carbocycles. The first-order valence-electron chi connectivity index (χ1n) is 8.42. The summed E-state index contributed by atoms with van der Waals surface area (Å²) in [5, 5.41) is 6.54. The minimum absolute atomic E-state index is 0. The first-order valence-corrected chi connectivity index (χ1v) is 8.42. The van der Waals surface area contributed by atoms with Gasteiger partial charge >= 0.3 is 0 Å². The Morgan fingerprint density at radius 2 is 1.62 bits per heavy atom. The first kappa shape index (κ1) is 22.2. The Bertz CT molecular complexity index is 658. The van der Waals surface area contributed by atoms with Crippen molar-refractivity contribution in [3.8, 4) is 5.75 Å². The second-order valence-corrected chi connectivity index (χ2v) is 5.76. The van der Waals surface area contributed by atoms with Crippen LogP contribution in [0.5, 0.6) is 5.75 Å². The molecule has 0 atom stereocenters. The summed E-state index contributed by atoms with van der Waals surface area (Å²) >= 11 is 0. The molecule has 0 aliphatic heterocycles. The number of nitrogens with one attached hydrogen (secondary N) is 2. The Kier molecular flexibility index (Phi) is 10.7. The Morgan fingerprint density at radius 3 is 2.23 bits per heavy atom. The van der Waals surface area contributed by atoms with Crippen molar-refractivity contribution in [2.24, 2.45) is 4.99 Å². The highest BCUT2D eigenvalue weighted by Crippen LogP contribution is 2.10. The summed E-state index contributed by atoms with van der Waals surface area (Å²) in [4.78, 5) is 4.23. The summed E-state index contributed by atoms with van der Waals surface area (Å²) in [6.07, 6.45) is 0. The molecule has 0 aliphatic carbocycles. The number of hydrogen-bond donors (Lipinski definition) is 2. The third-order valence-electron chi connectivity index (χ3n) is 3.70. The summed E-state index contributed by atoms with van der Waals surface area (Å²) in [6.45, 7) is 4.67.